The molecule has 194 valence electrons. The molecule has 0 bridgehead atoms. The molecule has 0 spiro atoms. The summed E-state index contributed by atoms with van der Waals surface area (Å²) in [6, 6.07) is 4.94. The van der Waals surface area contributed by atoms with E-state index in [0.29, 0.717) is 12.0 Å². The molecule has 4 N–H and O–H groups in total. The minimum absolute atomic E-state index is 0.488. The second-order valence-electron chi connectivity index (χ2n) is 8.74. The Labute approximate surface area is 208 Å². The Bertz CT molecular complexity index is 1020. The molecule has 0 radical (unpaired) electrons. The SMILES string of the molecule is CCn1c(CN2CCn3cccc3C2C(C)C)cnc1SC.O=C(O)CC(O)(CC(=O)O)C(=O)O. The van der Waals surface area contributed by atoms with Gasteiger partial charge in [0.1, 0.15) is 0 Å². The molecule has 0 fully saturated rings. The van der Waals surface area contributed by atoms with Crippen molar-refractivity contribution in [2.45, 2.75) is 70.0 Å². The van der Waals surface area contributed by atoms with E-state index >= 15 is 0 Å². The monoisotopic (exact) mass is 510 g/mol. The topological polar surface area (TPSA) is 158 Å². The summed E-state index contributed by atoms with van der Waals surface area (Å²) in [5, 5.41) is 34.9. The van der Waals surface area contributed by atoms with Crippen LogP contribution >= 0.6 is 11.8 Å². The van der Waals surface area contributed by atoms with Crippen LogP contribution in [0.1, 0.15) is 51.0 Å². The Morgan fingerprint density at radius 2 is 1.80 bits per heavy atom. The normalized spacial score (nSPS) is 15.9. The number of fused-ring (bicyclic) bond motifs is 1. The Hall–Kier alpha value is -2.83. The van der Waals surface area contributed by atoms with E-state index in [9.17, 15) is 14.4 Å². The zero-order valence-electron chi connectivity index (χ0n) is 20.4. The summed E-state index contributed by atoms with van der Waals surface area (Å²) >= 11 is 1.73. The highest BCUT2D eigenvalue weighted by atomic mass is 32.2. The lowest BCUT2D eigenvalue weighted by molar-refractivity contribution is -0.170. The number of carbonyl (C=O) groups is 3. The minimum Gasteiger partial charge on any atom is -0.481 e. The third-order valence-corrected chi connectivity index (χ3v) is 6.56. The lowest BCUT2D eigenvalue weighted by Crippen LogP contribution is -2.42. The van der Waals surface area contributed by atoms with E-state index < -0.39 is 36.4 Å². The van der Waals surface area contributed by atoms with Crippen LogP contribution in [0.5, 0.6) is 0 Å². The van der Waals surface area contributed by atoms with Gasteiger partial charge in [-0.2, -0.15) is 0 Å². The molecule has 1 unspecified atom stereocenters. The van der Waals surface area contributed by atoms with E-state index in [0.717, 1.165) is 31.3 Å². The molecule has 0 amide bonds. The van der Waals surface area contributed by atoms with Crippen molar-refractivity contribution in [3.63, 3.8) is 0 Å². The average molecular weight is 511 g/mol. The second kappa shape index (κ2) is 12.2. The summed E-state index contributed by atoms with van der Waals surface area (Å²) in [6.07, 6.45) is 4.08. The predicted molar refractivity (Wildman–Crippen MR) is 129 cm³/mol. The van der Waals surface area contributed by atoms with Crippen molar-refractivity contribution in [1.82, 2.24) is 19.0 Å². The van der Waals surface area contributed by atoms with Crippen LogP contribution in [0.2, 0.25) is 0 Å². The van der Waals surface area contributed by atoms with Crippen LogP contribution in [-0.4, -0.2) is 75.8 Å². The largest absolute Gasteiger partial charge is 0.481 e. The average Bonchev–Trinajstić information content (AvgIpc) is 3.38. The van der Waals surface area contributed by atoms with Gasteiger partial charge in [-0.3, -0.25) is 14.5 Å². The van der Waals surface area contributed by atoms with Gasteiger partial charge in [0.2, 0.25) is 0 Å². The van der Waals surface area contributed by atoms with E-state index in [4.69, 9.17) is 20.4 Å². The quantitative estimate of drug-likeness (QED) is 0.350. The number of hydrogen-bond acceptors (Lipinski definition) is 7. The van der Waals surface area contributed by atoms with Crippen molar-refractivity contribution >= 4 is 29.7 Å². The molecule has 35 heavy (non-hydrogen) atoms. The highest BCUT2D eigenvalue weighted by molar-refractivity contribution is 7.98. The lowest BCUT2D eigenvalue weighted by Gasteiger charge is -2.39. The molecular weight excluding hydrogens is 476 g/mol. The fourth-order valence-corrected chi connectivity index (χ4v) is 4.97. The Kier molecular flexibility index (Phi) is 9.92. The number of imidazole rings is 1. The fraction of sp³-hybridized carbons (Fsp3) is 0.565. The van der Waals surface area contributed by atoms with Crippen molar-refractivity contribution < 1.29 is 34.8 Å². The van der Waals surface area contributed by atoms with Gasteiger partial charge in [0.15, 0.2) is 10.8 Å². The predicted octanol–water partition coefficient (Wildman–Crippen LogP) is 2.39. The number of aliphatic carboxylic acids is 3. The van der Waals surface area contributed by atoms with Gasteiger partial charge in [-0.05, 0) is 31.2 Å². The minimum atomic E-state index is -2.74. The molecule has 11 nitrogen and oxygen atoms in total. The second-order valence-corrected chi connectivity index (χ2v) is 9.52. The highest BCUT2D eigenvalue weighted by Gasteiger charge is 2.40. The van der Waals surface area contributed by atoms with E-state index in [2.05, 4.69) is 70.6 Å². The number of nitrogens with zero attached hydrogens (tertiary/aromatic N) is 4. The molecular formula is C23H34N4O7S. The zero-order valence-corrected chi connectivity index (χ0v) is 21.2. The number of carboxylic acids is 3. The molecule has 3 heterocycles. The van der Waals surface area contributed by atoms with Crippen LogP contribution in [0.15, 0.2) is 29.7 Å². The molecule has 0 saturated carbocycles. The first-order valence-corrected chi connectivity index (χ1v) is 12.5. The van der Waals surface area contributed by atoms with E-state index in [1.165, 1.54) is 11.4 Å². The van der Waals surface area contributed by atoms with Gasteiger partial charge >= 0.3 is 17.9 Å². The summed E-state index contributed by atoms with van der Waals surface area (Å²) in [5.74, 6) is -4.42. The summed E-state index contributed by atoms with van der Waals surface area (Å²) in [4.78, 5) is 37.7. The Morgan fingerprint density at radius 1 is 1.17 bits per heavy atom. The maximum Gasteiger partial charge on any atom is 0.336 e. The van der Waals surface area contributed by atoms with Crippen molar-refractivity contribution in [2.75, 3.05) is 12.8 Å². The molecule has 1 aliphatic heterocycles. The number of thioether (sulfide) groups is 1. The molecule has 0 aromatic carbocycles. The third kappa shape index (κ3) is 7.09. The molecule has 2 aromatic heterocycles. The number of carboxylic acid groups (broad SMARTS) is 3. The fourth-order valence-electron chi connectivity index (χ4n) is 4.34. The van der Waals surface area contributed by atoms with Gasteiger partial charge in [0.05, 0.1) is 30.8 Å². The zero-order chi connectivity index (χ0) is 26.3. The van der Waals surface area contributed by atoms with E-state index in [-0.39, 0.29) is 0 Å². The van der Waals surface area contributed by atoms with Crippen LogP contribution < -0.4 is 0 Å². The van der Waals surface area contributed by atoms with Crippen molar-refractivity contribution in [1.29, 1.82) is 0 Å². The molecule has 12 heteroatoms. The van der Waals surface area contributed by atoms with E-state index in [1.54, 1.807) is 11.8 Å². The summed E-state index contributed by atoms with van der Waals surface area (Å²) < 4.78 is 4.75. The van der Waals surface area contributed by atoms with Gasteiger partial charge in [0, 0.05) is 38.1 Å². The summed E-state index contributed by atoms with van der Waals surface area (Å²) in [7, 11) is 0. The first kappa shape index (κ1) is 28.4. The van der Waals surface area contributed by atoms with Crippen LogP contribution in [-0.2, 0) is 34.0 Å². The Balaban J connectivity index is 0.000000287. The maximum atomic E-state index is 10.3. The summed E-state index contributed by atoms with van der Waals surface area (Å²) in [6.45, 7) is 11.0. The molecule has 1 atom stereocenters. The molecule has 3 rings (SSSR count). The van der Waals surface area contributed by atoms with Gasteiger partial charge in [-0.25, -0.2) is 9.78 Å². The van der Waals surface area contributed by atoms with Gasteiger partial charge in [-0.1, -0.05) is 25.6 Å². The van der Waals surface area contributed by atoms with Gasteiger partial charge < -0.3 is 29.6 Å². The van der Waals surface area contributed by atoms with Crippen molar-refractivity contribution in [3.8, 4) is 0 Å². The molecule has 2 aromatic rings. The van der Waals surface area contributed by atoms with Crippen LogP contribution in [0.4, 0.5) is 0 Å². The highest BCUT2D eigenvalue weighted by Crippen LogP contribution is 2.33. The van der Waals surface area contributed by atoms with E-state index in [1.807, 2.05) is 0 Å². The number of aromatic nitrogens is 3. The number of hydrogen-bond donors (Lipinski definition) is 4. The Morgan fingerprint density at radius 3 is 2.29 bits per heavy atom. The first-order chi connectivity index (χ1) is 16.4. The number of aliphatic hydroxyl groups is 1. The molecule has 0 saturated heterocycles. The maximum absolute atomic E-state index is 10.3. The van der Waals surface area contributed by atoms with Crippen LogP contribution in [0.3, 0.4) is 0 Å². The van der Waals surface area contributed by atoms with Crippen molar-refractivity contribution in [3.05, 3.63) is 35.9 Å². The standard InChI is InChI=1S/C17H26N4S.C6H8O7/c1-5-21-14(11-18-17(21)22-4)12-20-10-9-19-8-6-7-15(19)16(20)13(2)3;7-3(8)1-6(13,5(11)12)2-4(9)10/h6-8,11,13,16H,5,9-10,12H2,1-4H3;13H,1-2H2,(H,7,8)(H,9,10)(H,11,12). The molecule has 0 aliphatic carbocycles. The third-order valence-electron chi connectivity index (χ3n) is 5.87. The smallest absolute Gasteiger partial charge is 0.336 e. The van der Waals surface area contributed by atoms with Crippen molar-refractivity contribution in [2.24, 2.45) is 5.92 Å². The molecule has 1 aliphatic rings. The van der Waals surface area contributed by atoms with Gasteiger partial charge in [-0.15, -0.1) is 0 Å². The number of rotatable bonds is 10. The van der Waals surface area contributed by atoms with Crippen LogP contribution in [0, 0.1) is 5.92 Å². The summed E-state index contributed by atoms with van der Waals surface area (Å²) in [5.41, 5.74) is 0.0453. The lowest BCUT2D eigenvalue weighted by atomic mass is 9.96. The van der Waals surface area contributed by atoms with Crippen LogP contribution in [0.25, 0.3) is 0 Å². The van der Waals surface area contributed by atoms with Gasteiger partial charge in [0.25, 0.3) is 0 Å². The first-order valence-electron chi connectivity index (χ1n) is 11.3.